The molecule has 0 bridgehead atoms. The Labute approximate surface area is 164 Å². The van der Waals surface area contributed by atoms with Crippen molar-refractivity contribution in [2.24, 2.45) is 0 Å². The van der Waals surface area contributed by atoms with E-state index in [0.717, 1.165) is 24.6 Å². The van der Waals surface area contributed by atoms with Crippen LogP contribution in [0.4, 0.5) is 26.4 Å². The maximum Gasteiger partial charge on any atom is 0.415 e. The molecule has 4 heterocycles. The highest BCUT2D eigenvalue weighted by atomic mass is 32.2. The summed E-state index contributed by atoms with van der Waals surface area (Å²) in [5.41, 5.74) is 0.937. The van der Waals surface area contributed by atoms with Crippen LogP contribution in [0.1, 0.15) is 0 Å². The second-order valence-electron chi connectivity index (χ2n) is 6.81. The first kappa shape index (κ1) is 17.5. The van der Waals surface area contributed by atoms with Crippen LogP contribution >= 0.6 is 11.8 Å². The maximum atomic E-state index is 14.9. The first-order valence-electron chi connectivity index (χ1n) is 9.14. The number of ether oxygens (including phenoxy) is 2. The summed E-state index contributed by atoms with van der Waals surface area (Å²) in [6, 6.07) is 4.42. The van der Waals surface area contributed by atoms with Gasteiger partial charge in [0.1, 0.15) is 36.6 Å². The SMILES string of the molecule is O=C1O[C@H](CNc2ccon2)[C@H]2COc3cc(N4CCSCC4)c(F)cc3N12. The largest absolute Gasteiger partial charge is 0.489 e. The average molecular weight is 406 g/mol. The van der Waals surface area contributed by atoms with E-state index in [1.165, 1.54) is 17.2 Å². The van der Waals surface area contributed by atoms with Crippen LogP contribution in [0.25, 0.3) is 0 Å². The Hall–Kier alpha value is -2.62. The number of anilines is 3. The second-order valence-corrected chi connectivity index (χ2v) is 8.03. The minimum Gasteiger partial charge on any atom is -0.489 e. The van der Waals surface area contributed by atoms with E-state index in [1.807, 2.05) is 16.7 Å². The van der Waals surface area contributed by atoms with E-state index in [9.17, 15) is 9.18 Å². The smallest absolute Gasteiger partial charge is 0.415 e. The summed E-state index contributed by atoms with van der Waals surface area (Å²) in [4.78, 5) is 16.0. The van der Waals surface area contributed by atoms with Crippen molar-refractivity contribution in [3.63, 3.8) is 0 Å². The fourth-order valence-corrected chi connectivity index (χ4v) is 4.67. The van der Waals surface area contributed by atoms with Crippen LogP contribution in [0.3, 0.4) is 0 Å². The van der Waals surface area contributed by atoms with Crippen molar-refractivity contribution in [2.75, 3.05) is 52.9 Å². The predicted octanol–water partition coefficient (Wildman–Crippen LogP) is 2.57. The molecule has 10 heteroatoms. The van der Waals surface area contributed by atoms with Crippen molar-refractivity contribution < 1.29 is 23.2 Å². The van der Waals surface area contributed by atoms with Crippen LogP contribution in [-0.2, 0) is 4.74 Å². The number of hydrogen-bond acceptors (Lipinski definition) is 8. The predicted molar refractivity (Wildman–Crippen MR) is 103 cm³/mol. The first-order chi connectivity index (χ1) is 13.7. The summed E-state index contributed by atoms with van der Waals surface area (Å²) in [6.07, 6.45) is 0.513. The van der Waals surface area contributed by atoms with Gasteiger partial charge in [0.2, 0.25) is 0 Å². The van der Waals surface area contributed by atoms with Gasteiger partial charge in [0.15, 0.2) is 5.82 Å². The number of nitrogens with one attached hydrogen (secondary N) is 1. The number of hydrogen-bond donors (Lipinski definition) is 1. The van der Waals surface area contributed by atoms with Crippen LogP contribution in [0, 0.1) is 5.82 Å². The number of fused-ring (bicyclic) bond motifs is 3. The average Bonchev–Trinajstić information content (AvgIpc) is 3.34. The van der Waals surface area contributed by atoms with Crippen LogP contribution < -0.4 is 19.9 Å². The second kappa shape index (κ2) is 7.08. The molecule has 0 unspecified atom stereocenters. The lowest BCUT2D eigenvalue weighted by Crippen LogP contribution is -2.46. The number of amides is 1. The van der Waals surface area contributed by atoms with Crippen LogP contribution in [0.15, 0.2) is 29.0 Å². The van der Waals surface area contributed by atoms with Gasteiger partial charge in [0, 0.05) is 42.8 Å². The number of thioether (sulfide) groups is 1. The Balaban J connectivity index is 1.38. The standard InChI is InChI=1S/C18H19FN4O4S/c19-11-7-13-15(8-12(11)22-2-5-28-6-3-22)25-10-14-16(27-18(24)23(13)14)9-20-17-1-4-26-21-17/h1,4,7-8,14,16H,2-3,5-6,9-10H2,(H,20,21)/t14-,16-/m1/s1. The number of benzene rings is 1. The zero-order valence-corrected chi connectivity index (χ0v) is 15.8. The molecule has 1 N–H and O–H groups in total. The van der Waals surface area contributed by atoms with Gasteiger partial charge in [-0.2, -0.15) is 11.8 Å². The zero-order chi connectivity index (χ0) is 19.1. The van der Waals surface area contributed by atoms with Gasteiger partial charge in [0.25, 0.3) is 0 Å². The molecule has 0 spiro atoms. The summed E-state index contributed by atoms with van der Waals surface area (Å²) < 4.78 is 31.0. The van der Waals surface area contributed by atoms with Gasteiger partial charge in [-0.15, -0.1) is 0 Å². The number of carbonyl (C=O) groups is 1. The molecular formula is C18H19FN4O4S. The Kier molecular flexibility index (Phi) is 4.42. The number of halogens is 1. The van der Waals surface area contributed by atoms with Crippen molar-refractivity contribution in [3.8, 4) is 5.75 Å². The molecule has 1 aromatic heterocycles. The Bertz CT molecular complexity index is 875. The summed E-state index contributed by atoms with van der Waals surface area (Å²) >= 11 is 1.86. The van der Waals surface area contributed by atoms with E-state index in [0.29, 0.717) is 29.5 Å². The third kappa shape index (κ3) is 3.01. The van der Waals surface area contributed by atoms with E-state index in [4.69, 9.17) is 14.0 Å². The quantitative estimate of drug-likeness (QED) is 0.830. The minimum atomic E-state index is -0.497. The van der Waals surface area contributed by atoms with Gasteiger partial charge in [-0.25, -0.2) is 9.18 Å². The van der Waals surface area contributed by atoms with Crippen LogP contribution in [0.5, 0.6) is 5.75 Å². The molecule has 1 amide bonds. The van der Waals surface area contributed by atoms with Crippen molar-refractivity contribution in [2.45, 2.75) is 12.1 Å². The molecule has 148 valence electrons. The number of cyclic esters (lactones) is 1. The van der Waals surface area contributed by atoms with Crippen molar-refractivity contribution in [1.82, 2.24) is 5.16 Å². The number of carbonyl (C=O) groups excluding carboxylic acids is 1. The van der Waals surface area contributed by atoms with Gasteiger partial charge in [0.05, 0.1) is 17.9 Å². The van der Waals surface area contributed by atoms with E-state index >= 15 is 0 Å². The van der Waals surface area contributed by atoms with Gasteiger partial charge in [-0.1, -0.05) is 5.16 Å². The molecule has 2 atom stereocenters. The molecular weight excluding hydrogens is 387 g/mol. The topological polar surface area (TPSA) is 80.1 Å². The highest BCUT2D eigenvalue weighted by Crippen LogP contribution is 2.42. The minimum absolute atomic E-state index is 0.283. The molecule has 28 heavy (non-hydrogen) atoms. The lowest BCUT2D eigenvalue weighted by atomic mass is 10.1. The number of rotatable bonds is 4. The molecule has 2 aromatic rings. The molecule has 5 rings (SSSR count). The Morgan fingerprint density at radius 2 is 2.14 bits per heavy atom. The Morgan fingerprint density at radius 1 is 1.29 bits per heavy atom. The molecule has 2 fully saturated rings. The molecule has 0 radical (unpaired) electrons. The molecule has 0 aliphatic carbocycles. The van der Waals surface area contributed by atoms with E-state index < -0.39 is 12.2 Å². The first-order valence-corrected chi connectivity index (χ1v) is 10.3. The lowest BCUT2D eigenvalue weighted by molar-refractivity contribution is 0.128. The molecule has 8 nitrogen and oxygen atoms in total. The third-order valence-corrected chi connectivity index (χ3v) is 6.12. The highest BCUT2D eigenvalue weighted by molar-refractivity contribution is 7.99. The van der Waals surface area contributed by atoms with Crippen molar-refractivity contribution >= 4 is 35.0 Å². The Morgan fingerprint density at radius 3 is 2.93 bits per heavy atom. The molecule has 0 saturated carbocycles. The zero-order valence-electron chi connectivity index (χ0n) is 15.0. The fourth-order valence-electron chi connectivity index (χ4n) is 3.77. The van der Waals surface area contributed by atoms with Gasteiger partial charge in [-0.3, -0.25) is 4.90 Å². The van der Waals surface area contributed by atoms with Crippen LogP contribution in [0.2, 0.25) is 0 Å². The number of nitrogens with zero attached hydrogens (tertiary/aromatic N) is 3. The molecule has 3 aliphatic rings. The molecule has 1 aromatic carbocycles. The van der Waals surface area contributed by atoms with Crippen molar-refractivity contribution in [1.29, 1.82) is 0 Å². The number of aromatic nitrogens is 1. The van der Waals surface area contributed by atoms with E-state index in [-0.39, 0.29) is 18.5 Å². The normalized spacial score (nSPS) is 23.7. The lowest BCUT2D eigenvalue weighted by Gasteiger charge is -2.34. The summed E-state index contributed by atoms with van der Waals surface area (Å²) in [6.45, 7) is 2.23. The highest BCUT2D eigenvalue weighted by Gasteiger charge is 2.47. The maximum absolute atomic E-state index is 14.9. The van der Waals surface area contributed by atoms with Crippen LogP contribution in [-0.4, -0.2) is 61.1 Å². The molecule has 2 saturated heterocycles. The summed E-state index contributed by atoms with van der Waals surface area (Å²) in [7, 11) is 0. The van der Waals surface area contributed by atoms with Gasteiger partial charge in [-0.05, 0) is 0 Å². The summed E-state index contributed by atoms with van der Waals surface area (Å²) in [5.74, 6) is 2.65. The van der Waals surface area contributed by atoms with Crippen molar-refractivity contribution in [3.05, 3.63) is 30.3 Å². The van der Waals surface area contributed by atoms with E-state index in [1.54, 1.807) is 12.1 Å². The summed E-state index contributed by atoms with van der Waals surface area (Å²) in [5, 5.41) is 6.84. The van der Waals surface area contributed by atoms with Gasteiger partial charge < -0.3 is 24.2 Å². The third-order valence-electron chi connectivity index (χ3n) is 5.18. The van der Waals surface area contributed by atoms with Gasteiger partial charge >= 0.3 is 6.09 Å². The molecule has 3 aliphatic heterocycles. The fraction of sp³-hybridized carbons (Fsp3) is 0.444. The monoisotopic (exact) mass is 406 g/mol. The van der Waals surface area contributed by atoms with E-state index in [2.05, 4.69) is 10.5 Å².